The van der Waals surface area contributed by atoms with Crippen molar-refractivity contribution in [2.24, 2.45) is 5.92 Å². The quantitative estimate of drug-likeness (QED) is 0.431. The Morgan fingerprint density at radius 2 is 1.66 bits per heavy atom. The van der Waals surface area contributed by atoms with Crippen molar-refractivity contribution < 1.29 is 24.2 Å². The predicted molar refractivity (Wildman–Crippen MR) is 138 cm³/mol. The number of phenols is 1. The first-order valence-corrected chi connectivity index (χ1v) is 12.5. The van der Waals surface area contributed by atoms with Crippen LogP contribution < -0.4 is 10.6 Å². The lowest BCUT2D eigenvalue weighted by molar-refractivity contribution is -0.143. The van der Waals surface area contributed by atoms with Gasteiger partial charge in [-0.15, -0.1) is 0 Å². The van der Waals surface area contributed by atoms with E-state index in [9.17, 15) is 19.5 Å². The molecule has 1 rings (SSSR count). The van der Waals surface area contributed by atoms with E-state index in [2.05, 4.69) is 10.6 Å². The summed E-state index contributed by atoms with van der Waals surface area (Å²) in [6.45, 7) is 17.0. The number of benzene rings is 1. The number of hydrogen-bond acceptors (Lipinski definition) is 5. The zero-order valence-corrected chi connectivity index (χ0v) is 22.9. The molecule has 0 saturated heterocycles. The number of carbonyl (C=O) groups is 3. The van der Waals surface area contributed by atoms with Gasteiger partial charge in [0.25, 0.3) is 0 Å². The number of aromatic hydroxyl groups is 1. The van der Waals surface area contributed by atoms with Gasteiger partial charge in [-0.2, -0.15) is 0 Å². The zero-order valence-electron chi connectivity index (χ0n) is 22.9. The van der Waals surface area contributed by atoms with Crippen molar-refractivity contribution in [3.05, 3.63) is 29.8 Å². The van der Waals surface area contributed by atoms with Crippen LogP contribution in [-0.4, -0.2) is 51.6 Å². The molecule has 0 saturated carbocycles. The van der Waals surface area contributed by atoms with Crippen molar-refractivity contribution in [3.8, 4) is 5.75 Å². The molecule has 8 heteroatoms. The van der Waals surface area contributed by atoms with E-state index >= 15 is 0 Å². The highest BCUT2D eigenvalue weighted by atomic mass is 16.6. The Kier molecular flexibility index (Phi) is 11.1. The van der Waals surface area contributed by atoms with Crippen LogP contribution in [0.4, 0.5) is 4.79 Å². The lowest BCUT2D eigenvalue weighted by Gasteiger charge is -2.36. The van der Waals surface area contributed by atoms with E-state index in [0.29, 0.717) is 18.4 Å². The number of rotatable bonds is 10. The Bertz CT molecular complexity index is 855. The summed E-state index contributed by atoms with van der Waals surface area (Å²) in [7, 11) is 0. The van der Waals surface area contributed by atoms with E-state index < -0.39 is 41.1 Å². The maximum absolute atomic E-state index is 14.0. The average molecular weight is 492 g/mol. The molecule has 1 aromatic carbocycles. The second-order valence-electron chi connectivity index (χ2n) is 11.4. The van der Waals surface area contributed by atoms with E-state index in [0.717, 1.165) is 6.42 Å². The van der Waals surface area contributed by atoms with Gasteiger partial charge in [-0.25, -0.2) is 4.79 Å². The Morgan fingerprint density at radius 1 is 1.06 bits per heavy atom. The van der Waals surface area contributed by atoms with Gasteiger partial charge in [-0.1, -0.05) is 45.4 Å². The molecule has 0 aliphatic rings. The van der Waals surface area contributed by atoms with Crippen LogP contribution in [0.5, 0.6) is 5.75 Å². The topological polar surface area (TPSA) is 108 Å². The van der Waals surface area contributed by atoms with Gasteiger partial charge in [0.1, 0.15) is 23.4 Å². The van der Waals surface area contributed by atoms with Crippen molar-refractivity contribution in [1.29, 1.82) is 0 Å². The lowest BCUT2D eigenvalue weighted by atomic mass is 9.97. The summed E-state index contributed by atoms with van der Waals surface area (Å²) in [5.41, 5.74) is -0.938. The van der Waals surface area contributed by atoms with Crippen molar-refractivity contribution in [2.45, 2.75) is 105 Å². The second-order valence-corrected chi connectivity index (χ2v) is 11.4. The molecule has 3 N–H and O–H groups in total. The summed E-state index contributed by atoms with van der Waals surface area (Å²) in [6, 6.07) is 4.58. The monoisotopic (exact) mass is 491 g/mol. The Balaban J connectivity index is 3.51. The minimum absolute atomic E-state index is 0.0728. The van der Waals surface area contributed by atoms with Gasteiger partial charge < -0.3 is 25.4 Å². The molecule has 0 fully saturated rings. The lowest BCUT2D eigenvalue weighted by Crippen LogP contribution is -2.55. The predicted octanol–water partition coefficient (Wildman–Crippen LogP) is 4.92. The average Bonchev–Trinajstić information content (AvgIpc) is 2.68. The van der Waals surface area contributed by atoms with Crippen molar-refractivity contribution in [1.82, 2.24) is 15.5 Å². The van der Waals surface area contributed by atoms with Crippen LogP contribution in [0.2, 0.25) is 0 Å². The number of nitrogens with one attached hydrogen (secondary N) is 2. The highest BCUT2D eigenvalue weighted by molar-refractivity contribution is 5.92. The van der Waals surface area contributed by atoms with Gasteiger partial charge in [-0.3, -0.25) is 9.59 Å². The van der Waals surface area contributed by atoms with Crippen LogP contribution in [0, 0.1) is 5.92 Å². The maximum atomic E-state index is 14.0. The van der Waals surface area contributed by atoms with Gasteiger partial charge in [0.15, 0.2) is 0 Å². The molecular formula is C27H45N3O5. The molecule has 0 bridgehead atoms. The SMILES string of the molecule is CCCCN(C(=O)C(CC(C)C)NC(=O)OC(C)(C)C)C(C(=O)NC(C)(C)C)c1ccccc1O. The van der Waals surface area contributed by atoms with Crippen LogP contribution >= 0.6 is 0 Å². The minimum Gasteiger partial charge on any atom is -0.508 e. The van der Waals surface area contributed by atoms with E-state index in [4.69, 9.17) is 4.74 Å². The smallest absolute Gasteiger partial charge is 0.408 e. The van der Waals surface area contributed by atoms with Gasteiger partial charge in [0.2, 0.25) is 11.8 Å². The Hall–Kier alpha value is -2.77. The number of alkyl carbamates (subject to hydrolysis) is 1. The number of hydrogen-bond donors (Lipinski definition) is 3. The summed E-state index contributed by atoms with van der Waals surface area (Å²) < 4.78 is 5.40. The number of para-hydroxylation sites is 1. The molecule has 0 radical (unpaired) electrons. The molecule has 1 aromatic rings. The first-order chi connectivity index (χ1) is 16.1. The molecule has 35 heavy (non-hydrogen) atoms. The van der Waals surface area contributed by atoms with Gasteiger partial charge in [0.05, 0.1) is 0 Å². The molecule has 2 unspecified atom stereocenters. The third-order valence-corrected chi connectivity index (χ3v) is 5.02. The van der Waals surface area contributed by atoms with E-state index in [-0.39, 0.29) is 18.2 Å². The molecule has 0 aromatic heterocycles. The molecule has 2 atom stereocenters. The van der Waals surface area contributed by atoms with E-state index in [1.807, 2.05) is 41.5 Å². The third kappa shape index (κ3) is 10.6. The molecule has 8 nitrogen and oxygen atoms in total. The summed E-state index contributed by atoms with van der Waals surface area (Å²) >= 11 is 0. The summed E-state index contributed by atoms with van der Waals surface area (Å²) in [5, 5.41) is 16.3. The maximum Gasteiger partial charge on any atom is 0.408 e. The van der Waals surface area contributed by atoms with Gasteiger partial charge in [0, 0.05) is 17.6 Å². The van der Waals surface area contributed by atoms with Crippen molar-refractivity contribution in [3.63, 3.8) is 0 Å². The molecule has 0 aliphatic heterocycles. The Labute approximate surface area is 210 Å². The van der Waals surface area contributed by atoms with Crippen LogP contribution in [-0.2, 0) is 14.3 Å². The third-order valence-electron chi connectivity index (χ3n) is 5.02. The standard InChI is InChI=1S/C27H45N3O5/c1-10-11-16-30(24(33)20(17-18(2)3)28-25(34)35-27(7,8)9)22(23(32)29-26(4,5)6)19-14-12-13-15-21(19)31/h12-15,18,20,22,31H,10-11,16-17H2,1-9H3,(H,28,34)(H,29,32). The van der Waals surface area contributed by atoms with Gasteiger partial charge in [-0.05, 0) is 66.4 Å². The summed E-state index contributed by atoms with van der Waals surface area (Å²) in [5.74, 6) is -0.769. The fraction of sp³-hybridized carbons (Fsp3) is 0.667. The van der Waals surface area contributed by atoms with Gasteiger partial charge >= 0.3 is 6.09 Å². The highest BCUT2D eigenvalue weighted by Gasteiger charge is 2.38. The first kappa shape index (κ1) is 30.3. The number of phenolic OH excluding ortho intramolecular Hbond substituents is 1. The van der Waals surface area contributed by atoms with Crippen molar-refractivity contribution in [2.75, 3.05) is 6.54 Å². The number of unbranched alkanes of at least 4 members (excludes halogenated alkanes) is 1. The Morgan fingerprint density at radius 3 is 2.14 bits per heavy atom. The zero-order chi connectivity index (χ0) is 27.0. The molecular weight excluding hydrogens is 446 g/mol. The highest BCUT2D eigenvalue weighted by Crippen LogP contribution is 2.31. The molecule has 198 valence electrons. The van der Waals surface area contributed by atoms with E-state index in [1.54, 1.807) is 39.0 Å². The van der Waals surface area contributed by atoms with Crippen LogP contribution in [0.15, 0.2) is 24.3 Å². The first-order valence-electron chi connectivity index (χ1n) is 12.5. The number of carbonyl (C=O) groups excluding carboxylic acids is 3. The molecule has 0 spiro atoms. The number of nitrogens with zero attached hydrogens (tertiary/aromatic N) is 1. The summed E-state index contributed by atoms with van der Waals surface area (Å²) in [4.78, 5) is 41.6. The largest absolute Gasteiger partial charge is 0.508 e. The second kappa shape index (κ2) is 12.8. The number of amides is 3. The molecule has 0 heterocycles. The summed E-state index contributed by atoms with van der Waals surface area (Å²) in [6.07, 6.45) is 1.13. The number of ether oxygens (including phenoxy) is 1. The van der Waals surface area contributed by atoms with E-state index in [1.165, 1.54) is 11.0 Å². The minimum atomic E-state index is -1.07. The van der Waals surface area contributed by atoms with Crippen LogP contribution in [0.1, 0.15) is 93.2 Å². The molecule has 0 aliphatic carbocycles. The normalized spacial score (nSPS) is 13.7. The fourth-order valence-corrected chi connectivity index (χ4v) is 3.65. The van der Waals surface area contributed by atoms with Crippen molar-refractivity contribution >= 4 is 17.9 Å². The fourth-order valence-electron chi connectivity index (χ4n) is 3.65. The molecule has 3 amide bonds. The van der Waals surface area contributed by atoms with Crippen LogP contribution in [0.25, 0.3) is 0 Å². The van der Waals surface area contributed by atoms with Crippen LogP contribution in [0.3, 0.4) is 0 Å².